The van der Waals surface area contributed by atoms with Crippen LogP contribution >= 0.6 is 0 Å². The molecule has 144 valence electrons. The van der Waals surface area contributed by atoms with Crippen LogP contribution in [0.3, 0.4) is 0 Å². The van der Waals surface area contributed by atoms with Gasteiger partial charge in [0.1, 0.15) is 17.1 Å². The summed E-state index contributed by atoms with van der Waals surface area (Å²) >= 11 is 0. The van der Waals surface area contributed by atoms with Crippen molar-refractivity contribution in [2.75, 3.05) is 24.6 Å². The molecule has 2 N–H and O–H groups in total. The first-order chi connectivity index (χ1) is 12.8. The molecule has 2 aromatic rings. The number of primary amides is 1. The minimum atomic E-state index is -4.49. The Kier molecular flexibility index (Phi) is 5.43. The van der Waals surface area contributed by atoms with Gasteiger partial charge in [-0.2, -0.15) is 13.2 Å². The molecule has 27 heavy (non-hydrogen) atoms. The number of alkyl halides is 3. The summed E-state index contributed by atoms with van der Waals surface area (Å²) in [7, 11) is 0. The first kappa shape index (κ1) is 18.9. The largest absolute Gasteiger partial charge is 0.493 e. The number of nitrogens with two attached hydrogens (primary N) is 1. The van der Waals surface area contributed by atoms with E-state index in [-0.39, 0.29) is 17.6 Å². The van der Waals surface area contributed by atoms with Crippen LogP contribution in [0.4, 0.5) is 19.1 Å². The van der Waals surface area contributed by atoms with Crippen molar-refractivity contribution in [3.63, 3.8) is 0 Å². The quantitative estimate of drug-likeness (QED) is 0.854. The van der Waals surface area contributed by atoms with E-state index in [9.17, 15) is 18.0 Å². The van der Waals surface area contributed by atoms with Crippen molar-refractivity contribution in [1.29, 1.82) is 0 Å². The van der Waals surface area contributed by atoms with Gasteiger partial charge in [-0.15, -0.1) is 0 Å². The van der Waals surface area contributed by atoms with Gasteiger partial charge in [0.15, 0.2) is 0 Å². The Balaban J connectivity index is 1.54. The number of pyridine rings is 1. The maximum atomic E-state index is 12.8. The van der Waals surface area contributed by atoms with Gasteiger partial charge in [-0.3, -0.25) is 9.78 Å². The van der Waals surface area contributed by atoms with E-state index in [1.807, 2.05) is 0 Å². The van der Waals surface area contributed by atoms with Gasteiger partial charge >= 0.3 is 6.18 Å². The summed E-state index contributed by atoms with van der Waals surface area (Å²) in [5, 5.41) is 0. The molecule has 10 heteroatoms. The van der Waals surface area contributed by atoms with Gasteiger partial charge in [0.2, 0.25) is 5.95 Å². The van der Waals surface area contributed by atoms with E-state index >= 15 is 0 Å². The van der Waals surface area contributed by atoms with Crippen LogP contribution < -0.4 is 15.4 Å². The van der Waals surface area contributed by atoms with Crippen LogP contribution in [0.5, 0.6) is 5.75 Å². The summed E-state index contributed by atoms with van der Waals surface area (Å²) in [6.07, 6.45) is -0.456. The zero-order chi connectivity index (χ0) is 19.4. The van der Waals surface area contributed by atoms with E-state index in [0.717, 1.165) is 25.1 Å². The zero-order valence-corrected chi connectivity index (χ0v) is 14.3. The van der Waals surface area contributed by atoms with E-state index in [1.165, 1.54) is 12.3 Å². The highest BCUT2D eigenvalue weighted by atomic mass is 19.4. The fourth-order valence-electron chi connectivity index (χ4n) is 2.81. The van der Waals surface area contributed by atoms with Crippen molar-refractivity contribution in [3.05, 3.63) is 42.0 Å². The summed E-state index contributed by atoms with van der Waals surface area (Å²) < 4.78 is 44.0. The van der Waals surface area contributed by atoms with E-state index in [1.54, 1.807) is 11.0 Å². The topological polar surface area (TPSA) is 94.2 Å². The third-order valence-corrected chi connectivity index (χ3v) is 4.30. The molecule has 7 nitrogen and oxygen atoms in total. The Morgan fingerprint density at radius 1 is 1.22 bits per heavy atom. The van der Waals surface area contributed by atoms with Gasteiger partial charge < -0.3 is 15.4 Å². The molecule has 0 aliphatic carbocycles. The Bertz CT molecular complexity index is 807. The third-order valence-electron chi connectivity index (χ3n) is 4.30. The van der Waals surface area contributed by atoms with Crippen LogP contribution in [0.15, 0.2) is 30.6 Å². The Labute approximate surface area is 153 Å². The molecule has 1 aliphatic rings. The zero-order valence-electron chi connectivity index (χ0n) is 14.3. The lowest BCUT2D eigenvalue weighted by Crippen LogP contribution is -2.36. The second-order valence-electron chi connectivity index (χ2n) is 6.22. The second-order valence-corrected chi connectivity index (χ2v) is 6.22. The fraction of sp³-hybridized carbons (Fsp3) is 0.412. The number of carbonyl (C=O) groups is 1. The second kappa shape index (κ2) is 7.77. The van der Waals surface area contributed by atoms with Gasteiger partial charge in [-0.1, -0.05) is 0 Å². The van der Waals surface area contributed by atoms with Gasteiger partial charge in [-0.25, -0.2) is 9.97 Å². The fourth-order valence-corrected chi connectivity index (χ4v) is 2.81. The van der Waals surface area contributed by atoms with Gasteiger partial charge in [0.05, 0.1) is 6.61 Å². The highest BCUT2D eigenvalue weighted by molar-refractivity contribution is 5.91. The molecule has 0 bridgehead atoms. The molecular formula is C17H18F3N5O2. The summed E-state index contributed by atoms with van der Waals surface area (Å²) in [5.74, 6) is 0.193. The number of aromatic nitrogens is 3. The molecule has 1 amide bonds. The number of amides is 1. The predicted molar refractivity (Wildman–Crippen MR) is 90.2 cm³/mol. The Morgan fingerprint density at radius 2 is 1.93 bits per heavy atom. The molecule has 0 atom stereocenters. The van der Waals surface area contributed by atoms with Crippen LogP contribution in [0.2, 0.25) is 0 Å². The van der Waals surface area contributed by atoms with E-state index in [4.69, 9.17) is 10.5 Å². The van der Waals surface area contributed by atoms with Gasteiger partial charge in [0.25, 0.3) is 5.91 Å². The van der Waals surface area contributed by atoms with E-state index in [2.05, 4.69) is 15.0 Å². The average molecular weight is 381 g/mol. The minimum Gasteiger partial charge on any atom is -0.493 e. The lowest BCUT2D eigenvalue weighted by atomic mass is 9.98. The third kappa shape index (κ3) is 4.83. The molecule has 1 fully saturated rings. The molecular weight excluding hydrogens is 363 g/mol. The maximum absolute atomic E-state index is 12.8. The number of hydrogen-bond acceptors (Lipinski definition) is 6. The molecule has 0 aromatic carbocycles. The number of nitrogens with zero attached hydrogens (tertiary/aromatic N) is 4. The van der Waals surface area contributed by atoms with Crippen LogP contribution in [-0.4, -0.2) is 40.6 Å². The number of piperidine rings is 1. The Morgan fingerprint density at radius 3 is 2.59 bits per heavy atom. The molecule has 1 aliphatic heterocycles. The molecule has 0 unspecified atom stereocenters. The Hall–Kier alpha value is -2.91. The standard InChI is InChI=1S/C17H18F3N5O2/c18-17(19,20)14-2-6-23-16(24-14)25-7-3-11(4-8-25)10-27-12-1-5-22-13(9-12)15(21)26/h1-2,5-6,9,11H,3-4,7-8,10H2,(H2,21,26). The summed E-state index contributed by atoms with van der Waals surface area (Å²) in [6.45, 7) is 1.51. The molecule has 0 saturated carbocycles. The van der Waals surface area contributed by atoms with Crippen molar-refractivity contribution in [3.8, 4) is 5.75 Å². The van der Waals surface area contributed by atoms with E-state index in [0.29, 0.717) is 25.4 Å². The van der Waals surface area contributed by atoms with Crippen LogP contribution in [-0.2, 0) is 6.18 Å². The number of halogens is 3. The molecule has 0 radical (unpaired) electrons. The average Bonchev–Trinajstić information content (AvgIpc) is 2.66. The summed E-state index contributed by atoms with van der Waals surface area (Å²) in [6, 6.07) is 3.98. The lowest BCUT2D eigenvalue weighted by molar-refractivity contribution is -0.141. The van der Waals surface area contributed by atoms with Gasteiger partial charge in [0, 0.05) is 31.5 Å². The number of rotatable bonds is 5. The molecule has 2 aromatic heterocycles. The lowest BCUT2D eigenvalue weighted by Gasteiger charge is -2.32. The van der Waals surface area contributed by atoms with Crippen molar-refractivity contribution < 1.29 is 22.7 Å². The van der Waals surface area contributed by atoms with Crippen molar-refractivity contribution in [2.45, 2.75) is 19.0 Å². The smallest absolute Gasteiger partial charge is 0.433 e. The normalized spacial score (nSPS) is 15.6. The van der Waals surface area contributed by atoms with Crippen molar-refractivity contribution in [1.82, 2.24) is 15.0 Å². The number of carbonyl (C=O) groups excluding carboxylic acids is 1. The van der Waals surface area contributed by atoms with Gasteiger partial charge in [-0.05, 0) is 30.9 Å². The summed E-state index contributed by atoms with van der Waals surface area (Å²) in [4.78, 5) is 24.3. The number of anilines is 1. The van der Waals surface area contributed by atoms with E-state index < -0.39 is 17.8 Å². The number of hydrogen-bond donors (Lipinski definition) is 1. The first-order valence-electron chi connectivity index (χ1n) is 8.37. The molecule has 0 spiro atoms. The molecule has 3 rings (SSSR count). The SMILES string of the molecule is NC(=O)c1cc(OCC2CCN(c3nccc(C(F)(F)F)n3)CC2)ccn1. The van der Waals surface area contributed by atoms with Crippen LogP contribution in [0.1, 0.15) is 29.0 Å². The maximum Gasteiger partial charge on any atom is 0.433 e. The first-order valence-corrected chi connectivity index (χ1v) is 8.37. The van der Waals surface area contributed by atoms with Crippen molar-refractivity contribution >= 4 is 11.9 Å². The van der Waals surface area contributed by atoms with Crippen LogP contribution in [0.25, 0.3) is 0 Å². The molecule has 3 heterocycles. The van der Waals surface area contributed by atoms with Crippen LogP contribution in [0, 0.1) is 5.92 Å². The number of ether oxygens (including phenoxy) is 1. The monoisotopic (exact) mass is 381 g/mol. The minimum absolute atomic E-state index is 0.0874. The molecule has 1 saturated heterocycles. The highest BCUT2D eigenvalue weighted by Crippen LogP contribution is 2.29. The highest BCUT2D eigenvalue weighted by Gasteiger charge is 2.33. The predicted octanol–water partition coefficient (Wildman–Crippen LogP) is 2.28. The summed E-state index contributed by atoms with van der Waals surface area (Å²) in [5.41, 5.74) is 4.37. The van der Waals surface area contributed by atoms with Crippen molar-refractivity contribution in [2.24, 2.45) is 11.7 Å².